The van der Waals surface area contributed by atoms with Crippen LogP contribution in [0.2, 0.25) is 0 Å². The molecule has 1 atom stereocenters. The molecule has 1 heterocycles. The highest BCUT2D eigenvalue weighted by Crippen LogP contribution is 2.26. The summed E-state index contributed by atoms with van der Waals surface area (Å²) in [5.41, 5.74) is 0.669. The Labute approximate surface area is 106 Å². The van der Waals surface area contributed by atoms with Gasteiger partial charge in [0.2, 0.25) is 0 Å². The van der Waals surface area contributed by atoms with E-state index in [1.165, 1.54) is 12.1 Å². The molecule has 0 spiro atoms. The lowest BCUT2D eigenvalue weighted by Gasteiger charge is -2.33. The minimum atomic E-state index is -0.505. The summed E-state index contributed by atoms with van der Waals surface area (Å²) in [4.78, 5) is 1.71. The molecule has 1 unspecified atom stereocenters. The van der Waals surface area contributed by atoms with Crippen LogP contribution in [0.4, 0.5) is 14.5 Å². The normalized spacial score (nSPS) is 20.2. The van der Waals surface area contributed by atoms with E-state index >= 15 is 0 Å². The van der Waals surface area contributed by atoms with Crippen molar-refractivity contribution in [2.24, 2.45) is 0 Å². The standard InChI is InChI=1S/C13H18F2N2O/c1-9-8-17(3-4-18-9)13-11(14)5-10(7-16-2)6-12(13)15/h5-6,9,16H,3-4,7-8H2,1-2H3. The fourth-order valence-corrected chi connectivity index (χ4v) is 2.25. The number of hydrogen-bond donors (Lipinski definition) is 1. The quantitative estimate of drug-likeness (QED) is 0.894. The van der Waals surface area contributed by atoms with Crippen LogP contribution >= 0.6 is 0 Å². The molecular weight excluding hydrogens is 238 g/mol. The van der Waals surface area contributed by atoms with Crippen LogP contribution < -0.4 is 10.2 Å². The fourth-order valence-electron chi connectivity index (χ4n) is 2.25. The van der Waals surface area contributed by atoms with Crippen LogP contribution in [0.1, 0.15) is 12.5 Å². The summed E-state index contributed by atoms with van der Waals surface area (Å²) in [7, 11) is 1.74. The van der Waals surface area contributed by atoms with Gasteiger partial charge in [-0.15, -0.1) is 0 Å². The maximum atomic E-state index is 14.0. The van der Waals surface area contributed by atoms with Crippen molar-refractivity contribution in [3.8, 4) is 0 Å². The Balaban J connectivity index is 2.27. The lowest BCUT2D eigenvalue weighted by molar-refractivity contribution is 0.0527. The molecule has 0 aliphatic carbocycles. The smallest absolute Gasteiger partial charge is 0.149 e. The molecule has 2 rings (SSSR count). The van der Waals surface area contributed by atoms with Gasteiger partial charge in [-0.05, 0) is 31.7 Å². The minimum absolute atomic E-state index is 0.00506. The first-order valence-corrected chi connectivity index (χ1v) is 6.11. The van der Waals surface area contributed by atoms with E-state index in [1.54, 1.807) is 11.9 Å². The predicted molar refractivity (Wildman–Crippen MR) is 66.7 cm³/mol. The molecule has 1 saturated heterocycles. The molecule has 100 valence electrons. The van der Waals surface area contributed by atoms with Gasteiger partial charge >= 0.3 is 0 Å². The maximum absolute atomic E-state index is 14.0. The molecule has 5 heteroatoms. The number of ether oxygens (including phenoxy) is 1. The fraction of sp³-hybridized carbons (Fsp3) is 0.538. The number of halogens is 2. The number of benzene rings is 1. The number of hydrogen-bond acceptors (Lipinski definition) is 3. The van der Waals surface area contributed by atoms with E-state index in [9.17, 15) is 8.78 Å². The molecule has 0 aromatic heterocycles. The Morgan fingerprint density at radius 1 is 1.39 bits per heavy atom. The van der Waals surface area contributed by atoms with Crippen LogP contribution in [0.5, 0.6) is 0 Å². The molecular formula is C13H18F2N2O. The molecule has 1 fully saturated rings. The van der Waals surface area contributed by atoms with Gasteiger partial charge in [0.25, 0.3) is 0 Å². The van der Waals surface area contributed by atoms with Crippen molar-refractivity contribution >= 4 is 5.69 Å². The Kier molecular flexibility index (Phi) is 4.14. The van der Waals surface area contributed by atoms with E-state index in [2.05, 4.69) is 5.32 Å². The Morgan fingerprint density at radius 3 is 2.61 bits per heavy atom. The Hall–Kier alpha value is -1.20. The second-order valence-corrected chi connectivity index (χ2v) is 4.57. The Bertz CT molecular complexity index is 402. The molecule has 1 N–H and O–H groups in total. The zero-order chi connectivity index (χ0) is 13.1. The lowest BCUT2D eigenvalue weighted by atomic mass is 10.1. The van der Waals surface area contributed by atoms with Crippen molar-refractivity contribution in [2.75, 3.05) is 31.6 Å². The van der Waals surface area contributed by atoms with Crippen LogP contribution in [0, 0.1) is 11.6 Å². The molecule has 3 nitrogen and oxygen atoms in total. The number of rotatable bonds is 3. The summed E-state index contributed by atoms with van der Waals surface area (Å²) in [6.07, 6.45) is -0.00506. The average molecular weight is 256 g/mol. The summed E-state index contributed by atoms with van der Waals surface area (Å²) in [6.45, 7) is 3.88. The van der Waals surface area contributed by atoms with Gasteiger partial charge < -0.3 is 15.0 Å². The highest BCUT2D eigenvalue weighted by molar-refractivity contribution is 5.51. The van der Waals surface area contributed by atoms with E-state index < -0.39 is 11.6 Å². The zero-order valence-electron chi connectivity index (χ0n) is 10.7. The SMILES string of the molecule is CNCc1cc(F)c(N2CCOC(C)C2)c(F)c1. The molecule has 0 radical (unpaired) electrons. The Morgan fingerprint density at radius 2 is 2.06 bits per heavy atom. The van der Waals surface area contributed by atoms with E-state index in [-0.39, 0.29) is 11.8 Å². The van der Waals surface area contributed by atoms with Gasteiger partial charge in [-0.3, -0.25) is 0 Å². The highest BCUT2D eigenvalue weighted by atomic mass is 19.1. The molecule has 18 heavy (non-hydrogen) atoms. The molecule has 0 bridgehead atoms. The van der Waals surface area contributed by atoms with Gasteiger partial charge in [0, 0.05) is 19.6 Å². The van der Waals surface area contributed by atoms with Crippen molar-refractivity contribution in [3.63, 3.8) is 0 Å². The van der Waals surface area contributed by atoms with Crippen molar-refractivity contribution < 1.29 is 13.5 Å². The second-order valence-electron chi connectivity index (χ2n) is 4.57. The summed E-state index contributed by atoms with van der Waals surface area (Å²) in [5, 5.41) is 2.88. The second kappa shape index (κ2) is 5.63. The maximum Gasteiger partial charge on any atom is 0.149 e. The number of nitrogens with zero attached hydrogens (tertiary/aromatic N) is 1. The topological polar surface area (TPSA) is 24.5 Å². The molecule has 1 aromatic rings. The van der Waals surface area contributed by atoms with Crippen LogP contribution in [0.3, 0.4) is 0 Å². The third-order valence-electron chi connectivity index (χ3n) is 3.01. The van der Waals surface area contributed by atoms with Crippen LogP contribution in [-0.2, 0) is 11.3 Å². The predicted octanol–water partition coefficient (Wildman–Crippen LogP) is 1.91. The van der Waals surface area contributed by atoms with Crippen LogP contribution in [0.15, 0.2) is 12.1 Å². The van der Waals surface area contributed by atoms with Gasteiger partial charge in [-0.25, -0.2) is 8.78 Å². The zero-order valence-corrected chi connectivity index (χ0v) is 10.7. The lowest BCUT2D eigenvalue weighted by Crippen LogP contribution is -2.42. The van der Waals surface area contributed by atoms with Crippen molar-refractivity contribution in [1.29, 1.82) is 0 Å². The van der Waals surface area contributed by atoms with Gasteiger partial charge in [0.05, 0.1) is 12.7 Å². The van der Waals surface area contributed by atoms with Gasteiger partial charge in [0.15, 0.2) is 0 Å². The van der Waals surface area contributed by atoms with Crippen LogP contribution in [0.25, 0.3) is 0 Å². The van der Waals surface area contributed by atoms with E-state index in [0.29, 0.717) is 31.8 Å². The summed E-state index contributed by atoms with van der Waals surface area (Å²) < 4.78 is 33.4. The van der Waals surface area contributed by atoms with Crippen molar-refractivity contribution in [2.45, 2.75) is 19.6 Å². The first kappa shape index (κ1) is 13.2. The van der Waals surface area contributed by atoms with Crippen molar-refractivity contribution in [1.82, 2.24) is 5.32 Å². The van der Waals surface area contributed by atoms with Gasteiger partial charge in [0.1, 0.15) is 17.3 Å². The third kappa shape index (κ3) is 2.79. The number of nitrogens with one attached hydrogen (secondary N) is 1. The number of anilines is 1. The van der Waals surface area contributed by atoms with E-state index in [4.69, 9.17) is 4.74 Å². The summed E-state index contributed by atoms with van der Waals surface area (Å²) in [5.74, 6) is -1.01. The highest BCUT2D eigenvalue weighted by Gasteiger charge is 2.23. The molecule has 1 aromatic carbocycles. The first-order valence-electron chi connectivity index (χ1n) is 6.11. The van der Waals surface area contributed by atoms with Crippen molar-refractivity contribution in [3.05, 3.63) is 29.3 Å². The van der Waals surface area contributed by atoms with Gasteiger partial charge in [-0.2, -0.15) is 0 Å². The first-order chi connectivity index (χ1) is 8.61. The largest absolute Gasteiger partial charge is 0.375 e. The monoisotopic (exact) mass is 256 g/mol. The molecule has 0 saturated carbocycles. The van der Waals surface area contributed by atoms with Crippen LogP contribution in [-0.4, -0.2) is 32.8 Å². The van der Waals surface area contributed by atoms with E-state index in [1.807, 2.05) is 6.92 Å². The average Bonchev–Trinajstić information content (AvgIpc) is 2.28. The van der Waals surface area contributed by atoms with Gasteiger partial charge in [-0.1, -0.05) is 0 Å². The molecule has 1 aliphatic heterocycles. The minimum Gasteiger partial charge on any atom is -0.375 e. The summed E-state index contributed by atoms with van der Waals surface area (Å²) >= 11 is 0. The summed E-state index contributed by atoms with van der Waals surface area (Å²) in [6, 6.07) is 2.77. The molecule has 1 aliphatic rings. The third-order valence-corrected chi connectivity index (χ3v) is 3.01. The van der Waals surface area contributed by atoms with E-state index in [0.717, 1.165) is 0 Å². The number of morpholine rings is 1. The molecule has 0 amide bonds.